The molecule has 0 unspecified atom stereocenters. The number of hydrogen-bond acceptors (Lipinski definition) is 3. The fourth-order valence-electron chi connectivity index (χ4n) is 2.73. The van der Waals surface area contributed by atoms with Crippen LogP contribution in [0.4, 0.5) is 5.95 Å². The molecule has 3 rings (SSSR count). The molecule has 1 aliphatic rings. The summed E-state index contributed by atoms with van der Waals surface area (Å²) in [7, 11) is 0. The van der Waals surface area contributed by atoms with Gasteiger partial charge in [0, 0.05) is 6.54 Å². The number of benzene rings is 1. The summed E-state index contributed by atoms with van der Waals surface area (Å²) in [6.45, 7) is 3.90. The average Bonchev–Trinajstić information content (AvgIpc) is 3.08. The van der Waals surface area contributed by atoms with Crippen LogP contribution in [0, 0.1) is 0 Å². The molecule has 5 heteroatoms. The summed E-state index contributed by atoms with van der Waals surface area (Å²) in [5.74, 6) is 0.682. The normalized spacial score (nSPS) is 18.6. The maximum absolute atomic E-state index is 12.2. The molecule has 1 fully saturated rings. The third-order valence-corrected chi connectivity index (χ3v) is 3.71. The number of nitrogens with one attached hydrogen (secondary N) is 2. The molecule has 0 saturated carbocycles. The first-order valence-electron chi connectivity index (χ1n) is 7.29. The molecule has 1 aromatic carbocycles. The van der Waals surface area contributed by atoms with Gasteiger partial charge in [-0.25, -0.2) is 4.98 Å². The first-order chi connectivity index (χ1) is 9.79. The molecule has 0 aliphatic carbocycles. The van der Waals surface area contributed by atoms with E-state index >= 15 is 0 Å². The monoisotopic (exact) mass is 272 g/mol. The van der Waals surface area contributed by atoms with Crippen molar-refractivity contribution in [3.63, 3.8) is 0 Å². The third kappa shape index (κ3) is 2.41. The van der Waals surface area contributed by atoms with Crippen LogP contribution in [0.1, 0.15) is 26.2 Å². The zero-order chi connectivity index (χ0) is 13.9. The van der Waals surface area contributed by atoms with Crippen LogP contribution in [0.25, 0.3) is 11.0 Å². The highest BCUT2D eigenvalue weighted by molar-refractivity contribution is 5.95. The van der Waals surface area contributed by atoms with Crippen LogP contribution in [0.15, 0.2) is 24.3 Å². The van der Waals surface area contributed by atoms with Gasteiger partial charge in [-0.05, 0) is 37.9 Å². The summed E-state index contributed by atoms with van der Waals surface area (Å²) >= 11 is 0. The van der Waals surface area contributed by atoms with Gasteiger partial charge in [-0.1, -0.05) is 19.1 Å². The molecular formula is C15H20N4O. The summed E-state index contributed by atoms with van der Waals surface area (Å²) in [5, 5.41) is 6.19. The van der Waals surface area contributed by atoms with Crippen molar-refractivity contribution in [2.75, 3.05) is 11.9 Å². The molecule has 2 heterocycles. The lowest BCUT2D eigenvalue weighted by molar-refractivity contribution is -0.117. The second-order valence-corrected chi connectivity index (χ2v) is 5.21. The standard InChI is InChI=1S/C15H20N4O/c1-2-10-19-13-8-4-3-6-11(13)17-15(19)18-14(20)12-7-5-9-16-12/h3-4,6,8,12,16H,2,5,7,9-10H2,1H3,(H,17,18,20)/t12-/m1/s1. The van der Waals surface area contributed by atoms with E-state index in [1.54, 1.807) is 0 Å². The number of para-hydroxylation sites is 2. The Kier molecular flexibility index (Phi) is 3.69. The Morgan fingerprint density at radius 1 is 1.50 bits per heavy atom. The number of hydrogen-bond donors (Lipinski definition) is 2. The van der Waals surface area contributed by atoms with Crippen molar-refractivity contribution in [1.29, 1.82) is 0 Å². The molecule has 1 aromatic heterocycles. The number of imidazole rings is 1. The lowest BCUT2D eigenvalue weighted by atomic mass is 10.2. The minimum absolute atomic E-state index is 0.0233. The van der Waals surface area contributed by atoms with E-state index in [2.05, 4.69) is 27.1 Å². The summed E-state index contributed by atoms with van der Waals surface area (Å²) in [5.41, 5.74) is 2.00. The predicted octanol–water partition coefficient (Wildman–Crippen LogP) is 2.14. The minimum Gasteiger partial charge on any atom is -0.310 e. The molecule has 2 aromatic rings. The van der Waals surface area contributed by atoms with Crippen molar-refractivity contribution >= 4 is 22.9 Å². The highest BCUT2D eigenvalue weighted by Gasteiger charge is 2.23. The summed E-state index contributed by atoms with van der Waals surface area (Å²) < 4.78 is 2.09. The van der Waals surface area contributed by atoms with Crippen LogP contribution >= 0.6 is 0 Å². The van der Waals surface area contributed by atoms with Crippen LogP contribution in [0.2, 0.25) is 0 Å². The van der Waals surface area contributed by atoms with Crippen LogP contribution in [0.3, 0.4) is 0 Å². The molecule has 1 atom stereocenters. The lowest BCUT2D eigenvalue weighted by Crippen LogP contribution is -2.36. The van der Waals surface area contributed by atoms with E-state index < -0.39 is 0 Å². The number of amides is 1. The van der Waals surface area contributed by atoms with Crippen LogP contribution in [0.5, 0.6) is 0 Å². The van der Waals surface area contributed by atoms with Gasteiger partial charge in [0.15, 0.2) is 0 Å². The summed E-state index contributed by atoms with van der Waals surface area (Å²) in [6.07, 6.45) is 2.97. The topological polar surface area (TPSA) is 59.0 Å². The van der Waals surface area contributed by atoms with Gasteiger partial charge < -0.3 is 9.88 Å². The van der Waals surface area contributed by atoms with E-state index in [1.165, 1.54) is 0 Å². The van der Waals surface area contributed by atoms with Gasteiger partial charge >= 0.3 is 0 Å². The Morgan fingerprint density at radius 3 is 3.10 bits per heavy atom. The molecule has 0 radical (unpaired) electrons. The van der Waals surface area contributed by atoms with Gasteiger partial charge in [-0.15, -0.1) is 0 Å². The number of rotatable bonds is 4. The van der Waals surface area contributed by atoms with Crippen LogP contribution in [-0.4, -0.2) is 28.0 Å². The number of anilines is 1. The predicted molar refractivity (Wildman–Crippen MR) is 79.7 cm³/mol. The molecule has 1 saturated heterocycles. The maximum Gasteiger partial charge on any atom is 0.243 e. The van der Waals surface area contributed by atoms with Gasteiger partial charge in [0.2, 0.25) is 11.9 Å². The van der Waals surface area contributed by atoms with Crippen molar-refractivity contribution in [3.8, 4) is 0 Å². The maximum atomic E-state index is 12.2. The first-order valence-corrected chi connectivity index (χ1v) is 7.29. The highest BCUT2D eigenvalue weighted by atomic mass is 16.2. The molecule has 0 bridgehead atoms. The van der Waals surface area contributed by atoms with E-state index in [1.807, 2.05) is 24.3 Å². The molecule has 5 nitrogen and oxygen atoms in total. The molecule has 1 amide bonds. The largest absolute Gasteiger partial charge is 0.310 e. The van der Waals surface area contributed by atoms with Crippen LogP contribution in [-0.2, 0) is 11.3 Å². The molecule has 2 N–H and O–H groups in total. The Morgan fingerprint density at radius 2 is 2.35 bits per heavy atom. The second kappa shape index (κ2) is 5.63. The second-order valence-electron chi connectivity index (χ2n) is 5.21. The number of nitrogens with zero attached hydrogens (tertiary/aromatic N) is 2. The van der Waals surface area contributed by atoms with Crippen molar-refractivity contribution in [1.82, 2.24) is 14.9 Å². The molecular weight excluding hydrogens is 252 g/mol. The number of fused-ring (bicyclic) bond motifs is 1. The summed E-state index contributed by atoms with van der Waals surface area (Å²) in [4.78, 5) is 16.8. The van der Waals surface area contributed by atoms with Gasteiger partial charge in [0.1, 0.15) is 0 Å². The van der Waals surface area contributed by atoms with E-state index in [9.17, 15) is 4.79 Å². The lowest BCUT2D eigenvalue weighted by Gasteiger charge is -2.12. The molecule has 20 heavy (non-hydrogen) atoms. The number of aromatic nitrogens is 2. The smallest absolute Gasteiger partial charge is 0.243 e. The van der Waals surface area contributed by atoms with Gasteiger partial charge in [0.25, 0.3) is 0 Å². The quantitative estimate of drug-likeness (QED) is 0.896. The van der Waals surface area contributed by atoms with E-state index in [4.69, 9.17) is 0 Å². The Balaban J connectivity index is 1.89. The Hall–Kier alpha value is -1.88. The van der Waals surface area contributed by atoms with Gasteiger partial charge in [-0.3, -0.25) is 10.1 Å². The minimum atomic E-state index is -0.0788. The zero-order valence-corrected chi connectivity index (χ0v) is 11.7. The van der Waals surface area contributed by atoms with E-state index in [0.29, 0.717) is 5.95 Å². The van der Waals surface area contributed by atoms with E-state index in [-0.39, 0.29) is 11.9 Å². The highest BCUT2D eigenvalue weighted by Crippen LogP contribution is 2.20. The van der Waals surface area contributed by atoms with Gasteiger partial charge in [-0.2, -0.15) is 0 Å². The Labute approximate surface area is 118 Å². The van der Waals surface area contributed by atoms with Crippen molar-refractivity contribution in [3.05, 3.63) is 24.3 Å². The SMILES string of the molecule is CCCn1c(NC(=O)[C@H]2CCCN2)nc2ccccc21. The summed E-state index contributed by atoms with van der Waals surface area (Å²) in [6, 6.07) is 7.91. The molecule has 1 aliphatic heterocycles. The Bertz CT molecular complexity index is 613. The molecule has 106 valence electrons. The fraction of sp³-hybridized carbons (Fsp3) is 0.467. The van der Waals surface area contributed by atoms with Crippen molar-refractivity contribution < 1.29 is 4.79 Å². The zero-order valence-electron chi connectivity index (χ0n) is 11.7. The molecule has 0 spiro atoms. The van der Waals surface area contributed by atoms with Crippen molar-refractivity contribution in [2.24, 2.45) is 0 Å². The van der Waals surface area contributed by atoms with E-state index in [0.717, 1.165) is 43.4 Å². The fourth-order valence-corrected chi connectivity index (χ4v) is 2.73. The van der Waals surface area contributed by atoms with Crippen LogP contribution < -0.4 is 10.6 Å². The third-order valence-electron chi connectivity index (χ3n) is 3.71. The van der Waals surface area contributed by atoms with Crippen molar-refractivity contribution in [2.45, 2.75) is 38.8 Å². The number of carbonyl (C=O) groups is 1. The number of carbonyl (C=O) groups excluding carboxylic acids is 1. The first kappa shape index (κ1) is 13.1. The average molecular weight is 272 g/mol. The number of aryl methyl sites for hydroxylation is 1. The van der Waals surface area contributed by atoms with Gasteiger partial charge in [0.05, 0.1) is 17.1 Å².